The summed E-state index contributed by atoms with van der Waals surface area (Å²) in [6.07, 6.45) is 6.23. The van der Waals surface area contributed by atoms with Crippen LogP contribution in [0.1, 0.15) is 41.8 Å². The van der Waals surface area contributed by atoms with Gasteiger partial charge in [0.2, 0.25) is 0 Å². The minimum absolute atomic E-state index is 0.0959. The Bertz CT molecular complexity index is 662. The van der Waals surface area contributed by atoms with E-state index in [4.69, 9.17) is 0 Å². The van der Waals surface area contributed by atoms with Gasteiger partial charge < -0.3 is 10.2 Å². The first-order chi connectivity index (χ1) is 11.2. The van der Waals surface area contributed by atoms with Gasteiger partial charge in [0, 0.05) is 16.6 Å². The van der Waals surface area contributed by atoms with Crippen molar-refractivity contribution in [2.45, 2.75) is 32.1 Å². The average molecular weight is 334 g/mol. The van der Waals surface area contributed by atoms with Crippen LogP contribution in [-0.2, 0) is 0 Å². The Morgan fingerprint density at radius 2 is 2.00 bits per heavy atom. The van der Waals surface area contributed by atoms with Crippen LogP contribution in [-0.4, -0.2) is 37.0 Å². The molecule has 1 amide bonds. The van der Waals surface area contributed by atoms with Gasteiger partial charge in [0.1, 0.15) is 5.82 Å². The molecule has 1 aliphatic rings. The lowest BCUT2D eigenvalue weighted by Gasteiger charge is -2.19. The lowest BCUT2D eigenvalue weighted by atomic mass is 10.2. The maximum Gasteiger partial charge on any atom is 0.261 e. The molecule has 0 bridgehead atoms. The summed E-state index contributed by atoms with van der Waals surface area (Å²) in [5.74, 6) is -0.361. The highest BCUT2D eigenvalue weighted by Gasteiger charge is 2.12. The fourth-order valence-electron chi connectivity index (χ4n) is 3.09. The van der Waals surface area contributed by atoms with E-state index in [1.807, 2.05) is 6.07 Å². The third kappa shape index (κ3) is 4.30. The number of benzene rings is 1. The van der Waals surface area contributed by atoms with E-state index in [9.17, 15) is 9.18 Å². The second-order valence-electron chi connectivity index (χ2n) is 6.13. The Hall–Kier alpha value is -1.46. The fourth-order valence-corrected chi connectivity index (χ4v) is 4.08. The van der Waals surface area contributed by atoms with Crippen LogP contribution in [0.15, 0.2) is 24.3 Å². The molecule has 124 valence electrons. The Morgan fingerprint density at radius 1 is 1.22 bits per heavy atom. The molecule has 23 heavy (non-hydrogen) atoms. The maximum atomic E-state index is 13.7. The Labute approximate surface area is 140 Å². The lowest BCUT2D eigenvalue weighted by Crippen LogP contribution is -2.30. The van der Waals surface area contributed by atoms with Crippen molar-refractivity contribution in [3.05, 3.63) is 35.0 Å². The molecule has 1 aromatic carbocycles. The number of carbonyl (C=O) groups is 1. The van der Waals surface area contributed by atoms with Gasteiger partial charge in [-0.1, -0.05) is 18.9 Å². The van der Waals surface area contributed by atoms with Gasteiger partial charge in [0.25, 0.3) is 5.91 Å². The summed E-state index contributed by atoms with van der Waals surface area (Å²) in [5, 5.41) is 3.49. The SMILES string of the molecule is O=C(NCCCN1CCCCCC1)c1cc2c(F)cccc2s1. The van der Waals surface area contributed by atoms with Crippen molar-refractivity contribution in [3.8, 4) is 0 Å². The molecule has 1 aliphatic heterocycles. The Morgan fingerprint density at radius 3 is 2.74 bits per heavy atom. The summed E-state index contributed by atoms with van der Waals surface area (Å²) in [6, 6.07) is 6.60. The minimum atomic E-state index is -0.265. The quantitative estimate of drug-likeness (QED) is 0.837. The minimum Gasteiger partial charge on any atom is -0.351 e. The Balaban J connectivity index is 1.47. The van der Waals surface area contributed by atoms with E-state index >= 15 is 0 Å². The zero-order valence-corrected chi connectivity index (χ0v) is 14.1. The molecule has 3 rings (SSSR count). The largest absolute Gasteiger partial charge is 0.351 e. The van der Waals surface area contributed by atoms with Gasteiger partial charge in [-0.2, -0.15) is 0 Å². The molecule has 1 saturated heterocycles. The zero-order valence-electron chi connectivity index (χ0n) is 13.3. The smallest absolute Gasteiger partial charge is 0.261 e. The number of halogens is 1. The van der Waals surface area contributed by atoms with Gasteiger partial charge in [-0.05, 0) is 57.1 Å². The van der Waals surface area contributed by atoms with Crippen molar-refractivity contribution in [2.75, 3.05) is 26.2 Å². The highest BCUT2D eigenvalue weighted by Crippen LogP contribution is 2.27. The van der Waals surface area contributed by atoms with Crippen molar-refractivity contribution >= 4 is 27.3 Å². The van der Waals surface area contributed by atoms with E-state index < -0.39 is 0 Å². The van der Waals surface area contributed by atoms with Crippen molar-refractivity contribution in [2.24, 2.45) is 0 Å². The van der Waals surface area contributed by atoms with Gasteiger partial charge in [-0.25, -0.2) is 4.39 Å². The van der Waals surface area contributed by atoms with Gasteiger partial charge in [0.15, 0.2) is 0 Å². The number of hydrogen-bond donors (Lipinski definition) is 1. The number of nitrogens with one attached hydrogen (secondary N) is 1. The van der Waals surface area contributed by atoms with Crippen molar-refractivity contribution < 1.29 is 9.18 Å². The molecule has 0 unspecified atom stereocenters. The summed E-state index contributed by atoms with van der Waals surface area (Å²) in [5.41, 5.74) is 0. The van der Waals surface area contributed by atoms with Crippen LogP contribution in [0.5, 0.6) is 0 Å². The number of thiophene rings is 1. The summed E-state index contributed by atoms with van der Waals surface area (Å²) in [6.45, 7) is 4.08. The molecule has 0 saturated carbocycles. The van der Waals surface area contributed by atoms with Gasteiger partial charge in [0.05, 0.1) is 4.88 Å². The monoisotopic (exact) mass is 334 g/mol. The van der Waals surface area contributed by atoms with E-state index in [1.165, 1.54) is 56.2 Å². The molecule has 1 fully saturated rings. The van der Waals surface area contributed by atoms with Crippen LogP contribution in [0, 0.1) is 5.82 Å². The normalized spacial score (nSPS) is 16.4. The number of rotatable bonds is 5. The number of likely N-dealkylation sites (tertiary alicyclic amines) is 1. The predicted molar refractivity (Wildman–Crippen MR) is 93.6 cm³/mol. The average Bonchev–Trinajstić information content (AvgIpc) is 2.83. The Kier molecular flexibility index (Phi) is 5.62. The second-order valence-corrected chi connectivity index (χ2v) is 7.21. The maximum absolute atomic E-state index is 13.7. The van der Waals surface area contributed by atoms with E-state index in [0.29, 0.717) is 16.8 Å². The topological polar surface area (TPSA) is 32.3 Å². The van der Waals surface area contributed by atoms with Gasteiger partial charge >= 0.3 is 0 Å². The van der Waals surface area contributed by atoms with Crippen molar-refractivity contribution in [3.63, 3.8) is 0 Å². The molecule has 1 aromatic heterocycles. The van der Waals surface area contributed by atoms with Crippen LogP contribution in [0.2, 0.25) is 0 Å². The van der Waals surface area contributed by atoms with E-state index in [0.717, 1.165) is 17.7 Å². The van der Waals surface area contributed by atoms with E-state index in [2.05, 4.69) is 10.2 Å². The van der Waals surface area contributed by atoms with Crippen LogP contribution in [0.25, 0.3) is 10.1 Å². The third-order valence-electron chi connectivity index (χ3n) is 4.37. The zero-order chi connectivity index (χ0) is 16.1. The van der Waals surface area contributed by atoms with Crippen molar-refractivity contribution in [1.82, 2.24) is 10.2 Å². The highest BCUT2D eigenvalue weighted by molar-refractivity contribution is 7.20. The number of hydrogen-bond acceptors (Lipinski definition) is 3. The van der Waals surface area contributed by atoms with E-state index in [1.54, 1.807) is 12.1 Å². The lowest BCUT2D eigenvalue weighted by molar-refractivity contribution is 0.0956. The molecule has 0 atom stereocenters. The summed E-state index contributed by atoms with van der Waals surface area (Å²) < 4.78 is 14.5. The first-order valence-corrected chi connectivity index (χ1v) is 9.24. The number of amides is 1. The number of nitrogens with zero attached hydrogens (tertiary/aromatic N) is 1. The van der Waals surface area contributed by atoms with Gasteiger partial charge in [-0.3, -0.25) is 4.79 Å². The van der Waals surface area contributed by atoms with Crippen LogP contribution in [0.3, 0.4) is 0 Å². The standard InChI is InChI=1S/C18H23FN2OS/c19-15-7-5-8-16-14(15)13-17(23-16)18(22)20-9-6-12-21-10-3-1-2-4-11-21/h5,7-8,13H,1-4,6,9-12H2,(H,20,22). The van der Waals surface area contributed by atoms with Crippen LogP contribution >= 0.6 is 11.3 Å². The first-order valence-electron chi connectivity index (χ1n) is 8.42. The van der Waals surface area contributed by atoms with E-state index in [-0.39, 0.29) is 11.7 Å². The van der Waals surface area contributed by atoms with Crippen LogP contribution < -0.4 is 5.32 Å². The highest BCUT2D eigenvalue weighted by atomic mass is 32.1. The van der Waals surface area contributed by atoms with Gasteiger partial charge in [-0.15, -0.1) is 11.3 Å². The molecule has 3 nitrogen and oxygen atoms in total. The molecule has 0 aliphatic carbocycles. The molecule has 1 N–H and O–H groups in total. The fraction of sp³-hybridized carbons (Fsp3) is 0.500. The number of carbonyl (C=O) groups excluding carboxylic acids is 1. The summed E-state index contributed by atoms with van der Waals surface area (Å²) in [4.78, 5) is 15.3. The molecular weight excluding hydrogens is 311 g/mol. The predicted octanol–water partition coefficient (Wildman–Crippen LogP) is 4.04. The third-order valence-corrected chi connectivity index (χ3v) is 5.47. The summed E-state index contributed by atoms with van der Waals surface area (Å²) >= 11 is 1.35. The first kappa shape index (κ1) is 16.4. The van der Waals surface area contributed by atoms with Crippen molar-refractivity contribution in [1.29, 1.82) is 0 Å². The molecular formula is C18H23FN2OS. The molecule has 2 heterocycles. The summed E-state index contributed by atoms with van der Waals surface area (Å²) in [7, 11) is 0. The van der Waals surface area contributed by atoms with Crippen LogP contribution in [0.4, 0.5) is 4.39 Å². The molecule has 0 radical (unpaired) electrons. The molecule has 0 spiro atoms. The second kappa shape index (κ2) is 7.88. The molecule has 2 aromatic rings. The molecule has 5 heteroatoms. The number of fused-ring (bicyclic) bond motifs is 1.